The van der Waals surface area contributed by atoms with Crippen LogP contribution in [-0.2, 0) is 11.3 Å². The Morgan fingerprint density at radius 2 is 2.10 bits per heavy atom. The van der Waals surface area contributed by atoms with Gasteiger partial charge in [-0.3, -0.25) is 14.5 Å². The van der Waals surface area contributed by atoms with Gasteiger partial charge in [-0.25, -0.2) is 0 Å². The van der Waals surface area contributed by atoms with Crippen molar-refractivity contribution in [1.82, 2.24) is 20.1 Å². The SMILES string of the molecule is CNCCCC(=O)Nc1ccn(Cc2ccncc2)n1. The van der Waals surface area contributed by atoms with E-state index in [0.29, 0.717) is 18.8 Å². The second-order valence-electron chi connectivity index (χ2n) is 4.51. The molecule has 1 amide bonds. The lowest BCUT2D eigenvalue weighted by molar-refractivity contribution is -0.116. The predicted molar refractivity (Wildman–Crippen MR) is 77.4 cm³/mol. The van der Waals surface area contributed by atoms with Crippen LogP contribution in [0.4, 0.5) is 5.82 Å². The number of amides is 1. The molecule has 0 fully saturated rings. The van der Waals surface area contributed by atoms with Gasteiger partial charge in [0, 0.05) is 31.1 Å². The number of aromatic nitrogens is 3. The highest BCUT2D eigenvalue weighted by atomic mass is 16.1. The van der Waals surface area contributed by atoms with Crippen LogP contribution in [0.2, 0.25) is 0 Å². The summed E-state index contributed by atoms with van der Waals surface area (Å²) in [6.07, 6.45) is 6.67. The van der Waals surface area contributed by atoms with E-state index in [1.54, 1.807) is 23.1 Å². The average molecular weight is 273 g/mol. The topological polar surface area (TPSA) is 71.8 Å². The summed E-state index contributed by atoms with van der Waals surface area (Å²) in [5.41, 5.74) is 1.12. The molecule has 0 aliphatic heterocycles. The highest BCUT2D eigenvalue weighted by molar-refractivity contribution is 5.89. The molecule has 0 aliphatic carbocycles. The average Bonchev–Trinajstić information content (AvgIpc) is 2.87. The molecular weight excluding hydrogens is 254 g/mol. The molecule has 2 rings (SSSR count). The highest BCUT2D eigenvalue weighted by Gasteiger charge is 2.05. The summed E-state index contributed by atoms with van der Waals surface area (Å²) in [5.74, 6) is 0.586. The largest absolute Gasteiger partial charge is 0.320 e. The van der Waals surface area contributed by atoms with Gasteiger partial charge in [-0.05, 0) is 37.7 Å². The number of anilines is 1. The molecule has 2 aromatic rings. The van der Waals surface area contributed by atoms with E-state index in [9.17, 15) is 4.79 Å². The van der Waals surface area contributed by atoms with Gasteiger partial charge in [-0.2, -0.15) is 5.10 Å². The molecule has 6 nitrogen and oxygen atoms in total. The first-order valence-corrected chi connectivity index (χ1v) is 6.65. The fraction of sp³-hybridized carbons (Fsp3) is 0.357. The summed E-state index contributed by atoms with van der Waals surface area (Å²) >= 11 is 0. The first kappa shape index (κ1) is 14.2. The van der Waals surface area contributed by atoms with E-state index < -0.39 is 0 Å². The van der Waals surface area contributed by atoms with Gasteiger partial charge < -0.3 is 10.6 Å². The van der Waals surface area contributed by atoms with Crippen molar-refractivity contribution in [1.29, 1.82) is 0 Å². The summed E-state index contributed by atoms with van der Waals surface area (Å²) < 4.78 is 1.79. The van der Waals surface area contributed by atoms with E-state index >= 15 is 0 Å². The van der Waals surface area contributed by atoms with E-state index in [1.807, 2.05) is 25.4 Å². The van der Waals surface area contributed by atoms with Crippen molar-refractivity contribution >= 4 is 11.7 Å². The van der Waals surface area contributed by atoms with E-state index in [2.05, 4.69) is 20.7 Å². The molecule has 0 bridgehead atoms. The monoisotopic (exact) mass is 273 g/mol. The van der Waals surface area contributed by atoms with Gasteiger partial charge in [0.2, 0.25) is 5.91 Å². The smallest absolute Gasteiger partial charge is 0.225 e. The van der Waals surface area contributed by atoms with Crippen LogP contribution in [0.5, 0.6) is 0 Å². The molecule has 2 heterocycles. The van der Waals surface area contributed by atoms with E-state index in [-0.39, 0.29) is 5.91 Å². The third kappa shape index (κ3) is 4.47. The molecule has 2 aromatic heterocycles. The molecule has 0 aliphatic rings. The quantitative estimate of drug-likeness (QED) is 0.745. The zero-order chi connectivity index (χ0) is 14.2. The zero-order valence-corrected chi connectivity index (χ0v) is 11.5. The maximum atomic E-state index is 11.7. The third-order valence-corrected chi connectivity index (χ3v) is 2.83. The van der Waals surface area contributed by atoms with Crippen molar-refractivity contribution < 1.29 is 4.79 Å². The number of hydrogen-bond donors (Lipinski definition) is 2. The number of pyridine rings is 1. The molecule has 0 aromatic carbocycles. The zero-order valence-electron chi connectivity index (χ0n) is 11.5. The minimum atomic E-state index is -0.00517. The highest BCUT2D eigenvalue weighted by Crippen LogP contribution is 2.06. The van der Waals surface area contributed by atoms with Gasteiger partial charge in [-0.15, -0.1) is 0 Å². The third-order valence-electron chi connectivity index (χ3n) is 2.83. The second-order valence-corrected chi connectivity index (χ2v) is 4.51. The van der Waals surface area contributed by atoms with Gasteiger partial charge >= 0.3 is 0 Å². The molecule has 20 heavy (non-hydrogen) atoms. The molecule has 0 radical (unpaired) electrons. The lowest BCUT2D eigenvalue weighted by Gasteiger charge is -2.03. The Kier molecular flexibility index (Phi) is 5.25. The van der Waals surface area contributed by atoms with Crippen LogP contribution in [-0.4, -0.2) is 34.3 Å². The van der Waals surface area contributed by atoms with Crippen molar-refractivity contribution in [2.24, 2.45) is 0 Å². The van der Waals surface area contributed by atoms with Gasteiger partial charge in [-0.1, -0.05) is 0 Å². The summed E-state index contributed by atoms with van der Waals surface area (Å²) in [6, 6.07) is 5.69. The Hall–Kier alpha value is -2.21. The van der Waals surface area contributed by atoms with E-state index in [1.165, 1.54) is 0 Å². The lowest BCUT2D eigenvalue weighted by atomic mass is 10.3. The van der Waals surface area contributed by atoms with Gasteiger partial charge in [0.15, 0.2) is 5.82 Å². The summed E-state index contributed by atoms with van der Waals surface area (Å²) in [4.78, 5) is 15.6. The van der Waals surface area contributed by atoms with Crippen molar-refractivity contribution in [2.45, 2.75) is 19.4 Å². The number of nitrogens with one attached hydrogen (secondary N) is 2. The van der Waals surface area contributed by atoms with Crippen LogP contribution in [0.25, 0.3) is 0 Å². The van der Waals surface area contributed by atoms with Gasteiger partial charge in [0.1, 0.15) is 0 Å². The molecule has 0 unspecified atom stereocenters. The molecule has 6 heteroatoms. The molecule has 106 valence electrons. The van der Waals surface area contributed by atoms with Crippen LogP contribution in [0, 0.1) is 0 Å². The fourth-order valence-corrected chi connectivity index (χ4v) is 1.82. The van der Waals surface area contributed by atoms with Crippen LogP contribution in [0.1, 0.15) is 18.4 Å². The second kappa shape index (κ2) is 7.40. The Morgan fingerprint density at radius 3 is 2.85 bits per heavy atom. The van der Waals surface area contributed by atoms with Crippen molar-refractivity contribution in [3.8, 4) is 0 Å². The molecule has 2 N–H and O–H groups in total. The van der Waals surface area contributed by atoms with Crippen LogP contribution >= 0.6 is 0 Å². The number of carbonyl (C=O) groups is 1. The first-order valence-electron chi connectivity index (χ1n) is 6.65. The molecule has 0 atom stereocenters. The molecule has 0 spiro atoms. The summed E-state index contributed by atoms with van der Waals surface area (Å²) in [6.45, 7) is 1.50. The Bertz CT molecular complexity index is 538. The Morgan fingerprint density at radius 1 is 1.30 bits per heavy atom. The van der Waals surface area contributed by atoms with Gasteiger partial charge in [0.05, 0.1) is 6.54 Å². The van der Waals surface area contributed by atoms with Crippen LogP contribution < -0.4 is 10.6 Å². The van der Waals surface area contributed by atoms with Gasteiger partial charge in [0.25, 0.3) is 0 Å². The normalized spacial score (nSPS) is 10.4. The van der Waals surface area contributed by atoms with Crippen molar-refractivity contribution in [3.63, 3.8) is 0 Å². The predicted octanol–water partition coefficient (Wildman–Crippen LogP) is 1.26. The van der Waals surface area contributed by atoms with Crippen LogP contribution in [0.3, 0.4) is 0 Å². The molecular formula is C14H19N5O. The summed E-state index contributed by atoms with van der Waals surface area (Å²) in [7, 11) is 1.87. The Balaban J connectivity index is 1.84. The number of rotatable bonds is 7. The number of nitrogens with zero attached hydrogens (tertiary/aromatic N) is 3. The Labute approximate surface area is 118 Å². The van der Waals surface area contributed by atoms with Crippen molar-refractivity contribution in [3.05, 3.63) is 42.4 Å². The van der Waals surface area contributed by atoms with E-state index in [4.69, 9.17) is 0 Å². The molecule has 0 saturated carbocycles. The van der Waals surface area contributed by atoms with Crippen molar-refractivity contribution in [2.75, 3.05) is 18.9 Å². The van der Waals surface area contributed by atoms with E-state index in [0.717, 1.165) is 18.5 Å². The lowest BCUT2D eigenvalue weighted by Crippen LogP contribution is -2.15. The number of carbonyl (C=O) groups excluding carboxylic acids is 1. The minimum absolute atomic E-state index is 0.00517. The first-order chi connectivity index (χ1) is 9.78. The standard InChI is InChI=1S/C14H19N5O/c1-15-7-2-3-14(20)17-13-6-10-19(18-13)11-12-4-8-16-9-5-12/h4-6,8-10,15H,2-3,7,11H2,1H3,(H,17,18,20). The summed E-state index contributed by atoms with van der Waals surface area (Å²) in [5, 5.41) is 10.1. The maximum absolute atomic E-state index is 11.7. The van der Waals surface area contributed by atoms with Crippen LogP contribution in [0.15, 0.2) is 36.8 Å². The molecule has 0 saturated heterocycles. The minimum Gasteiger partial charge on any atom is -0.320 e. The maximum Gasteiger partial charge on any atom is 0.225 e. The number of hydrogen-bond acceptors (Lipinski definition) is 4. The fourth-order valence-electron chi connectivity index (χ4n) is 1.82.